The van der Waals surface area contributed by atoms with Crippen LogP contribution in [0.5, 0.6) is 0 Å². The van der Waals surface area contributed by atoms with E-state index in [9.17, 15) is 18.0 Å². The molecule has 33 heavy (non-hydrogen) atoms. The van der Waals surface area contributed by atoms with Crippen molar-refractivity contribution in [3.63, 3.8) is 0 Å². The number of alkyl halides is 3. The monoisotopic (exact) mass is 454 g/mol. The van der Waals surface area contributed by atoms with E-state index in [0.717, 1.165) is 15.9 Å². The second-order valence-electron chi connectivity index (χ2n) is 7.54. The maximum absolute atomic E-state index is 13.0. The Morgan fingerprint density at radius 2 is 1.70 bits per heavy atom. The number of aromatic nitrogens is 4. The van der Waals surface area contributed by atoms with Crippen molar-refractivity contribution in [2.24, 2.45) is 0 Å². The van der Waals surface area contributed by atoms with Gasteiger partial charge in [-0.2, -0.15) is 18.2 Å². The highest BCUT2D eigenvalue weighted by Gasteiger charge is 2.37. The molecule has 0 fully saturated rings. The molecule has 1 amide bonds. The molecular formula is C23H21F3N6O. The van der Waals surface area contributed by atoms with Crippen molar-refractivity contribution < 1.29 is 18.0 Å². The van der Waals surface area contributed by atoms with Gasteiger partial charge in [0.25, 0.3) is 11.6 Å². The number of halogens is 3. The van der Waals surface area contributed by atoms with Gasteiger partial charge in [-0.1, -0.05) is 30.3 Å². The molecule has 7 nitrogen and oxygen atoms in total. The number of carbonyl (C=O) groups is 1. The number of carbonyl (C=O) groups excluding carboxylic acids is 1. The lowest BCUT2D eigenvalue weighted by Gasteiger charge is -2.23. The summed E-state index contributed by atoms with van der Waals surface area (Å²) in [5.41, 5.74) is 3.65. The van der Waals surface area contributed by atoms with Crippen LogP contribution >= 0.6 is 0 Å². The Hall–Kier alpha value is -3.95. The number of rotatable bonds is 5. The molecule has 2 heterocycles. The molecule has 0 radical (unpaired) electrons. The molecule has 0 bridgehead atoms. The molecule has 2 aromatic carbocycles. The van der Waals surface area contributed by atoms with E-state index in [2.05, 4.69) is 20.4 Å². The van der Waals surface area contributed by atoms with Crippen LogP contribution in [0.15, 0.2) is 54.6 Å². The van der Waals surface area contributed by atoms with Crippen LogP contribution in [0.2, 0.25) is 0 Å². The smallest absolute Gasteiger partial charge is 0.343 e. The van der Waals surface area contributed by atoms with Gasteiger partial charge in [0, 0.05) is 29.7 Å². The predicted octanol–water partition coefficient (Wildman–Crippen LogP) is 4.71. The summed E-state index contributed by atoms with van der Waals surface area (Å²) < 4.78 is 40.0. The first-order valence-electron chi connectivity index (χ1n) is 10.1. The third-order valence-electron chi connectivity index (χ3n) is 5.32. The molecular weight excluding hydrogens is 433 g/mol. The van der Waals surface area contributed by atoms with Crippen LogP contribution in [0.3, 0.4) is 0 Å². The van der Waals surface area contributed by atoms with Gasteiger partial charge in [-0.05, 0) is 38.1 Å². The summed E-state index contributed by atoms with van der Waals surface area (Å²) >= 11 is 0. The van der Waals surface area contributed by atoms with E-state index in [0.29, 0.717) is 22.6 Å². The van der Waals surface area contributed by atoms with E-state index in [1.165, 1.54) is 0 Å². The minimum absolute atomic E-state index is 0.0782. The highest BCUT2D eigenvalue weighted by Crippen LogP contribution is 2.31. The van der Waals surface area contributed by atoms with Crippen molar-refractivity contribution in [3.05, 3.63) is 77.4 Å². The number of hydrogen-bond acceptors (Lipinski definition) is 5. The molecule has 2 aromatic heterocycles. The average Bonchev–Trinajstić information content (AvgIpc) is 3.22. The van der Waals surface area contributed by atoms with Gasteiger partial charge < -0.3 is 10.2 Å². The Bertz CT molecular complexity index is 1320. The molecule has 0 aliphatic carbocycles. The number of fused-ring (bicyclic) bond motifs is 1. The molecule has 4 rings (SSSR count). The highest BCUT2D eigenvalue weighted by atomic mass is 19.4. The lowest BCUT2D eigenvalue weighted by molar-refractivity contribution is -0.144. The molecule has 0 unspecified atom stereocenters. The Labute approximate surface area is 187 Å². The molecule has 0 atom stereocenters. The number of benzene rings is 2. The van der Waals surface area contributed by atoms with Gasteiger partial charge in [0.05, 0.1) is 17.8 Å². The number of nitrogens with one attached hydrogen (secondary N) is 1. The summed E-state index contributed by atoms with van der Waals surface area (Å²) in [4.78, 5) is 22.4. The van der Waals surface area contributed by atoms with E-state index in [1.807, 2.05) is 60.5 Å². The van der Waals surface area contributed by atoms with Gasteiger partial charge in [0.1, 0.15) is 0 Å². The number of hydrogen-bond donors (Lipinski definition) is 1. The van der Waals surface area contributed by atoms with E-state index in [4.69, 9.17) is 0 Å². The van der Waals surface area contributed by atoms with E-state index >= 15 is 0 Å². The predicted molar refractivity (Wildman–Crippen MR) is 119 cm³/mol. The van der Waals surface area contributed by atoms with Gasteiger partial charge in [0.15, 0.2) is 0 Å². The molecule has 0 aliphatic rings. The SMILES string of the molecule is Cc1nc2nc(C(F)(F)F)nn2c(C)c1CC(=O)Nc1ccccc1N(C)c1ccccc1. The minimum Gasteiger partial charge on any atom is -0.343 e. The van der Waals surface area contributed by atoms with Crippen LogP contribution in [0.4, 0.5) is 30.2 Å². The van der Waals surface area contributed by atoms with E-state index < -0.39 is 12.0 Å². The summed E-state index contributed by atoms with van der Waals surface area (Å²) in [7, 11) is 1.90. The Kier molecular flexibility index (Phi) is 5.75. The van der Waals surface area contributed by atoms with Crippen LogP contribution in [0, 0.1) is 13.8 Å². The van der Waals surface area contributed by atoms with Crippen molar-refractivity contribution in [1.29, 1.82) is 0 Å². The topological polar surface area (TPSA) is 75.4 Å². The lowest BCUT2D eigenvalue weighted by atomic mass is 10.1. The van der Waals surface area contributed by atoms with Gasteiger partial charge in [0.2, 0.25) is 5.91 Å². The van der Waals surface area contributed by atoms with Crippen LogP contribution in [-0.2, 0) is 17.4 Å². The minimum atomic E-state index is -4.68. The van der Waals surface area contributed by atoms with Crippen molar-refractivity contribution in [3.8, 4) is 0 Å². The molecule has 0 spiro atoms. The normalized spacial score (nSPS) is 11.6. The Morgan fingerprint density at radius 3 is 2.39 bits per heavy atom. The first-order valence-corrected chi connectivity index (χ1v) is 10.1. The third kappa shape index (κ3) is 4.50. The summed E-state index contributed by atoms with van der Waals surface area (Å²) in [6.07, 6.45) is -4.76. The third-order valence-corrected chi connectivity index (χ3v) is 5.32. The first-order chi connectivity index (χ1) is 15.6. The standard InChI is InChI=1S/C23H21F3N6O/c1-14-17(15(2)32-22(27-14)29-21(30-32)23(24,25)26)13-20(33)28-18-11-7-8-12-19(18)31(3)16-9-5-4-6-10-16/h4-12H,13H2,1-3H3,(H,28,33). The van der Waals surface area contributed by atoms with Crippen molar-refractivity contribution in [2.75, 3.05) is 17.3 Å². The fourth-order valence-electron chi connectivity index (χ4n) is 3.60. The summed E-state index contributed by atoms with van der Waals surface area (Å²) in [6.45, 7) is 3.23. The maximum Gasteiger partial charge on any atom is 0.453 e. The molecule has 0 saturated carbocycles. The Balaban J connectivity index is 1.60. The summed E-state index contributed by atoms with van der Waals surface area (Å²) in [6, 6.07) is 17.1. The Morgan fingerprint density at radius 1 is 1.03 bits per heavy atom. The number of anilines is 3. The van der Waals surface area contributed by atoms with Crippen LogP contribution < -0.4 is 10.2 Å². The van der Waals surface area contributed by atoms with Crippen molar-refractivity contribution in [1.82, 2.24) is 19.6 Å². The van der Waals surface area contributed by atoms with Crippen LogP contribution in [0.1, 0.15) is 22.8 Å². The zero-order chi connectivity index (χ0) is 23.8. The average molecular weight is 454 g/mol. The van der Waals surface area contributed by atoms with Gasteiger partial charge in [-0.15, -0.1) is 5.10 Å². The van der Waals surface area contributed by atoms with Gasteiger partial charge >= 0.3 is 6.18 Å². The summed E-state index contributed by atoms with van der Waals surface area (Å²) in [5, 5.41) is 6.44. The van der Waals surface area contributed by atoms with Gasteiger partial charge in [-0.3, -0.25) is 4.79 Å². The second kappa shape index (κ2) is 8.53. The number of nitrogens with zero attached hydrogens (tertiary/aromatic N) is 5. The maximum atomic E-state index is 13.0. The van der Waals surface area contributed by atoms with E-state index in [1.54, 1.807) is 19.9 Å². The fraction of sp³-hybridized carbons (Fsp3) is 0.217. The number of amides is 1. The molecule has 0 saturated heterocycles. The lowest BCUT2D eigenvalue weighted by Crippen LogP contribution is -2.20. The number of aryl methyl sites for hydroxylation is 2. The quantitative estimate of drug-likeness (QED) is 0.473. The highest BCUT2D eigenvalue weighted by molar-refractivity contribution is 5.96. The molecule has 4 aromatic rings. The van der Waals surface area contributed by atoms with Crippen LogP contribution in [-0.4, -0.2) is 32.5 Å². The van der Waals surface area contributed by atoms with Crippen molar-refractivity contribution in [2.45, 2.75) is 26.4 Å². The molecule has 1 N–H and O–H groups in total. The molecule has 170 valence electrons. The zero-order valence-corrected chi connectivity index (χ0v) is 18.2. The van der Waals surface area contributed by atoms with Crippen LogP contribution in [0.25, 0.3) is 5.78 Å². The zero-order valence-electron chi connectivity index (χ0n) is 18.2. The number of para-hydroxylation sites is 3. The fourth-order valence-corrected chi connectivity index (χ4v) is 3.60. The van der Waals surface area contributed by atoms with E-state index in [-0.39, 0.29) is 18.1 Å². The van der Waals surface area contributed by atoms with Gasteiger partial charge in [-0.25, -0.2) is 9.50 Å². The second-order valence-corrected chi connectivity index (χ2v) is 7.54. The molecule has 0 aliphatic heterocycles. The molecule has 10 heteroatoms. The first kappa shape index (κ1) is 22.3. The largest absolute Gasteiger partial charge is 0.453 e. The summed E-state index contributed by atoms with van der Waals surface area (Å²) in [5.74, 6) is -1.75. The van der Waals surface area contributed by atoms with Crippen molar-refractivity contribution >= 4 is 28.7 Å².